The molecule has 1 rings (SSSR count). The van der Waals surface area contributed by atoms with E-state index in [1.165, 1.54) is 11.3 Å². The van der Waals surface area contributed by atoms with Gasteiger partial charge in [-0.25, -0.2) is 4.98 Å². The summed E-state index contributed by atoms with van der Waals surface area (Å²) in [6.07, 6.45) is 0. The van der Waals surface area contributed by atoms with Crippen molar-refractivity contribution >= 4 is 17.2 Å². The molecular weight excluding hydrogens is 136 g/mol. The lowest BCUT2D eigenvalue weighted by Gasteiger charge is -1.85. The predicted octanol–water partition coefficient (Wildman–Crippen LogP) is 0.550. The quantitative estimate of drug-likeness (QED) is 0.622. The molecule has 0 aromatic carbocycles. The Kier molecular flexibility index (Phi) is 1.48. The first-order chi connectivity index (χ1) is 4.22. The molecule has 9 heavy (non-hydrogen) atoms. The molecule has 0 aliphatic heterocycles. The Morgan fingerprint density at radius 3 is 2.78 bits per heavy atom. The van der Waals surface area contributed by atoms with E-state index >= 15 is 0 Å². The van der Waals surface area contributed by atoms with Crippen LogP contribution in [0.2, 0.25) is 0 Å². The van der Waals surface area contributed by atoms with Crippen molar-refractivity contribution in [2.24, 2.45) is 5.73 Å². The summed E-state index contributed by atoms with van der Waals surface area (Å²) >= 11 is 1.27. The third-order valence-electron chi connectivity index (χ3n) is 0.969. The number of primary amides is 1. The average Bonchev–Trinajstić information content (AvgIpc) is 2.13. The highest BCUT2D eigenvalue weighted by Crippen LogP contribution is 2.09. The van der Waals surface area contributed by atoms with Crippen LogP contribution < -0.4 is 5.73 Å². The van der Waals surface area contributed by atoms with Crippen molar-refractivity contribution in [3.05, 3.63) is 16.1 Å². The van der Waals surface area contributed by atoms with Gasteiger partial charge in [0.25, 0.3) is 5.91 Å². The Morgan fingerprint density at radius 1 is 1.89 bits per heavy atom. The standard InChI is InChI=1S/C5H6N2OS/c1-3-4(5(6)8)9-2-7-3/h2H,1H3,(H2,6,8). The van der Waals surface area contributed by atoms with Crippen LogP contribution in [0.25, 0.3) is 0 Å². The van der Waals surface area contributed by atoms with E-state index in [-0.39, 0.29) is 0 Å². The Labute approximate surface area is 56.5 Å². The highest BCUT2D eigenvalue weighted by Gasteiger charge is 2.05. The van der Waals surface area contributed by atoms with Gasteiger partial charge in [0.15, 0.2) is 0 Å². The summed E-state index contributed by atoms with van der Waals surface area (Å²) in [5, 5.41) is 0. The van der Waals surface area contributed by atoms with Crippen LogP contribution in [0.4, 0.5) is 0 Å². The first-order valence-electron chi connectivity index (χ1n) is 2.41. The second-order valence-electron chi connectivity index (χ2n) is 1.63. The number of hydrogen-bond donors (Lipinski definition) is 1. The number of amides is 1. The maximum atomic E-state index is 10.5. The molecule has 0 fully saturated rings. The van der Waals surface area contributed by atoms with Crippen molar-refractivity contribution < 1.29 is 4.79 Å². The largest absolute Gasteiger partial charge is 0.365 e. The number of rotatable bonds is 1. The van der Waals surface area contributed by atoms with Crippen LogP contribution in [0.5, 0.6) is 0 Å². The minimum atomic E-state index is -0.394. The van der Waals surface area contributed by atoms with Gasteiger partial charge in [0.1, 0.15) is 4.88 Å². The van der Waals surface area contributed by atoms with Crippen molar-refractivity contribution in [1.29, 1.82) is 0 Å². The molecular formula is C5H6N2OS. The van der Waals surface area contributed by atoms with E-state index < -0.39 is 5.91 Å². The molecule has 0 saturated carbocycles. The van der Waals surface area contributed by atoms with Crippen molar-refractivity contribution in [3.8, 4) is 0 Å². The molecule has 0 aliphatic rings. The molecule has 1 heterocycles. The number of carbonyl (C=O) groups is 1. The summed E-state index contributed by atoms with van der Waals surface area (Å²) < 4.78 is 0. The lowest BCUT2D eigenvalue weighted by atomic mass is 10.4. The van der Waals surface area contributed by atoms with Crippen LogP contribution in [-0.4, -0.2) is 10.9 Å². The Bertz CT molecular complexity index is 231. The molecule has 0 radical (unpaired) electrons. The molecule has 1 amide bonds. The maximum absolute atomic E-state index is 10.5. The number of thiazole rings is 1. The summed E-state index contributed by atoms with van der Waals surface area (Å²) in [4.78, 5) is 14.9. The molecule has 0 aliphatic carbocycles. The smallest absolute Gasteiger partial charge is 0.260 e. The third kappa shape index (κ3) is 1.08. The van der Waals surface area contributed by atoms with E-state index in [0.717, 1.165) is 0 Å². The molecule has 0 atom stereocenters. The van der Waals surface area contributed by atoms with E-state index in [9.17, 15) is 4.79 Å². The zero-order valence-electron chi connectivity index (χ0n) is 4.92. The lowest BCUT2D eigenvalue weighted by Crippen LogP contribution is -2.09. The number of nitrogens with two attached hydrogens (primary N) is 1. The van der Waals surface area contributed by atoms with Gasteiger partial charge in [0.2, 0.25) is 0 Å². The normalized spacial score (nSPS) is 9.44. The Morgan fingerprint density at radius 2 is 2.56 bits per heavy atom. The fourth-order valence-corrected chi connectivity index (χ4v) is 1.19. The monoisotopic (exact) mass is 142 g/mol. The zero-order valence-corrected chi connectivity index (χ0v) is 5.73. The topological polar surface area (TPSA) is 56.0 Å². The minimum Gasteiger partial charge on any atom is -0.365 e. The molecule has 4 heteroatoms. The fourth-order valence-electron chi connectivity index (χ4n) is 0.538. The van der Waals surface area contributed by atoms with E-state index in [1.54, 1.807) is 12.4 Å². The number of nitrogens with zero attached hydrogens (tertiary/aromatic N) is 1. The summed E-state index contributed by atoms with van der Waals surface area (Å²) in [6.45, 7) is 1.76. The van der Waals surface area contributed by atoms with Crippen LogP contribution >= 0.6 is 11.3 Å². The van der Waals surface area contributed by atoms with E-state index in [0.29, 0.717) is 10.6 Å². The highest BCUT2D eigenvalue weighted by molar-refractivity contribution is 7.11. The number of aryl methyl sites for hydroxylation is 1. The zero-order chi connectivity index (χ0) is 6.85. The maximum Gasteiger partial charge on any atom is 0.260 e. The van der Waals surface area contributed by atoms with E-state index in [2.05, 4.69) is 4.98 Å². The Balaban J connectivity index is 3.08. The lowest BCUT2D eigenvalue weighted by molar-refractivity contribution is 0.100. The van der Waals surface area contributed by atoms with Gasteiger partial charge in [-0.15, -0.1) is 11.3 Å². The van der Waals surface area contributed by atoms with Crippen LogP contribution in [-0.2, 0) is 0 Å². The number of aromatic nitrogens is 1. The Hall–Kier alpha value is -0.900. The molecule has 1 aromatic heterocycles. The highest BCUT2D eigenvalue weighted by atomic mass is 32.1. The predicted molar refractivity (Wildman–Crippen MR) is 35.4 cm³/mol. The number of carbonyl (C=O) groups excluding carboxylic acids is 1. The van der Waals surface area contributed by atoms with Gasteiger partial charge in [0, 0.05) is 0 Å². The van der Waals surface area contributed by atoms with Gasteiger partial charge in [-0.05, 0) is 6.92 Å². The molecule has 3 nitrogen and oxygen atoms in total. The van der Waals surface area contributed by atoms with Crippen LogP contribution in [0, 0.1) is 6.92 Å². The molecule has 0 saturated heterocycles. The number of hydrogen-bond acceptors (Lipinski definition) is 3. The third-order valence-corrected chi connectivity index (χ3v) is 1.91. The first-order valence-corrected chi connectivity index (χ1v) is 3.29. The molecule has 0 unspecified atom stereocenters. The van der Waals surface area contributed by atoms with Gasteiger partial charge >= 0.3 is 0 Å². The van der Waals surface area contributed by atoms with Gasteiger partial charge in [-0.3, -0.25) is 4.79 Å². The van der Waals surface area contributed by atoms with Crippen molar-refractivity contribution in [3.63, 3.8) is 0 Å². The SMILES string of the molecule is Cc1ncsc1C(N)=O. The van der Waals surface area contributed by atoms with Crippen molar-refractivity contribution in [2.45, 2.75) is 6.92 Å². The molecule has 1 aromatic rings. The van der Waals surface area contributed by atoms with Crippen LogP contribution in [0.15, 0.2) is 5.51 Å². The molecule has 0 bridgehead atoms. The summed E-state index contributed by atoms with van der Waals surface area (Å²) in [5.41, 5.74) is 7.31. The average molecular weight is 142 g/mol. The molecule has 48 valence electrons. The van der Waals surface area contributed by atoms with Gasteiger partial charge in [0.05, 0.1) is 11.2 Å². The minimum absolute atomic E-state index is 0.394. The van der Waals surface area contributed by atoms with Gasteiger partial charge in [-0.1, -0.05) is 0 Å². The first kappa shape index (κ1) is 6.22. The van der Waals surface area contributed by atoms with Crippen molar-refractivity contribution in [1.82, 2.24) is 4.98 Å². The summed E-state index contributed by atoms with van der Waals surface area (Å²) in [6, 6.07) is 0. The van der Waals surface area contributed by atoms with Crippen LogP contribution in [0.3, 0.4) is 0 Å². The van der Waals surface area contributed by atoms with Crippen LogP contribution in [0.1, 0.15) is 15.4 Å². The summed E-state index contributed by atoms with van der Waals surface area (Å²) in [7, 11) is 0. The van der Waals surface area contributed by atoms with E-state index in [1.807, 2.05) is 0 Å². The van der Waals surface area contributed by atoms with E-state index in [4.69, 9.17) is 5.73 Å². The molecule has 2 N–H and O–H groups in total. The van der Waals surface area contributed by atoms with Gasteiger partial charge < -0.3 is 5.73 Å². The second-order valence-corrected chi connectivity index (χ2v) is 2.49. The summed E-state index contributed by atoms with van der Waals surface area (Å²) in [5.74, 6) is -0.394. The molecule has 0 spiro atoms. The van der Waals surface area contributed by atoms with Gasteiger partial charge in [-0.2, -0.15) is 0 Å². The second kappa shape index (κ2) is 2.14. The van der Waals surface area contributed by atoms with Crippen molar-refractivity contribution in [2.75, 3.05) is 0 Å². The fraction of sp³-hybridized carbons (Fsp3) is 0.200.